The van der Waals surface area contributed by atoms with Gasteiger partial charge in [-0.3, -0.25) is 9.59 Å². The van der Waals surface area contributed by atoms with Crippen molar-refractivity contribution < 1.29 is 26.7 Å². The summed E-state index contributed by atoms with van der Waals surface area (Å²) < 4.78 is 0. The van der Waals surface area contributed by atoms with Crippen LogP contribution in [0.3, 0.4) is 0 Å². The molecule has 0 aliphatic carbocycles. The van der Waals surface area contributed by atoms with Gasteiger partial charge in [-0.15, -0.1) is 9.81 Å². The van der Waals surface area contributed by atoms with Gasteiger partial charge in [0.1, 0.15) is 0 Å². The summed E-state index contributed by atoms with van der Waals surface area (Å²) in [6, 6.07) is 0. The summed E-state index contributed by atoms with van der Waals surface area (Å²) in [5, 5.41) is 19.7. The van der Waals surface area contributed by atoms with E-state index in [1.165, 1.54) is 11.7 Å². The molecule has 0 rings (SSSR count). The van der Waals surface area contributed by atoms with Crippen LogP contribution in [0.4, 0.5) is 0 Å². The molecule has 10 nitrogen and oxygen atoms in total. The van der Waals surface area contributed by atoms with Crippen LogP contribution < -0.4 is 11.5 Å². The number of rotatable bonds is 4. The zero-order valence-corrected chi connectivity index (χ0v) is 8.82. The molecule has 0 atom stereocenters. The monoisotopic (exact) mass is 287 g/mol. The standard InChI is InChI=1S/2C3H2N3O2.Cu/c2*4-1-2(6-8)3(5)7;/h2*(H2,5,7);/q2*-1;+2. The van der Waals surface area contributed by atoms with E-state index in [2.05, 4.69) is 11.5 Å². The second-order valence-electron chi connectivity index (χ2n) is 1.83. The Hall–Kier alpha value is -2.44. The second kappa shape index (κ2) is 11.6. The molecular weight excluding hydrogens is 284 g/mol. The average Bonchev–Trinajstić information content (AvgIpc) is 2.21. The topological polar surface area (TPSA) is 190 Å². The number of nitrogens with zero attached hydrogens (tertiary/aromatic N) is 4. The molecule has 0 aliphatic rings. The van der Waals surface area contributed by atoms with Gasteiger partial charge in [-0.1, -0.05) is 0 Å². The van der Waals surface area contributed by atoms with E-state index < -0.39 is 23.2 Å². The van der Waals surface area contributed by atoms with E-state index in [-0.39, 0.29) is 17.1 Å². The first kappa shape index (κ1) is 20.0. The summed E-state index contributed by atoms with van der Waals surface area (Å²) in [7, 11) is 0. The van der Waals surface area contributed by atoms with Crippen molar-refractivity contribution in [1.29, 1.82) is 0 Å². The summed E-state index contributed by atoms with van der Waals surface area (Å²) in [6.45, 7) is 0. The Morgan fingerprint density at radius 3 is 1.12 bits per heavy atom. The fourth-order valence-corrected chi connectivity index (χ4v) is 0.241. The van der Waals surface area contributed by atoms with E-state index in [1.807, 2.05) is 10.4 Å². The Morgan fingerprint density at radius 1 is 0.882 bits per heavy atom. The van der Waals surface area contributed by atoms with Crippen LogP contribution in [0.25, 0.3) is 10.8 Å². The van der Waals surface area contributed by atoms with Crippen molar-refractivity contribution in [2.45, 2.75) is 0 Å². The molecule has 1 radical (unpaired) electrons. The van der Waals surface area contributed by atoms with Gasteiger partial charge in [0.15, 0.2) is 11.4 Å². The van der Waals surface area contributed by atoms with Crippen LogP contribution in [0, 0.1) is 9.81 Å². The van der Waals surface area contributed by atoms with Gasteiger partial charge >= 0.3 is 17.1 Å². The van der Waals surface area contributed by atoms with Crippen molar-refractivity contribution in [1.82, 2.24) is 0 Å². The summed E-state index contributed by atoms with van der Waals surface area (Å²) >= 11 is 0. The molecule has 0 aromatic heterocycles. The quantitative estimate of drug-likeness (QED) is 0.282. The van der Waals surface area contributed by atoms with Gasteiger partial charge in [-0.05, 0) is 10.4 Å². The molecule has 0 aromatic rings. The zero-order chi connectivity index (χ0) is 13.1. The molecule has 0 aromatic carbocycles. The van der Waals surface area contributed by atoms with Crippen LogP contribution in [0.5, 0.6) is 0 Å². The van der Waals surface area contributed by atoms with E-state index in [0.717, 1.165) is 0 Å². The molecule has 93 valence electrons. The molecule has 0 fully saturated rings. The number of carbonyl (C=O) groups is 2. The number of nitroso groups, excluding NO2 is 2. The van der Waals surface area contributed by atoms with E-state index >= 15 is 0 Å². The van der Waals surface area contributed by atoms with Crippen LogP contribution in [0.2, 0.25) is 0 Å². The molecule has 0 heterocycles. The summed E-state index contributed by atoms with van der Waals surface area (Å²) in [5.41, 5.74) is 7.33. The summed E-state index contributed by atoms with van der Waals surface area (Å²) in [4.78, 5) is 38.4. The molecule has 11 heteroatoms. The van der Waals surface area contributed by atoms with Gasteiger partial charge < -0.3 is 22.3 Å². The Labute approximate surface area is 105 Å². The third-order valence-electron chi connectivity index (χ3n) is 0.861. The van der Waals surface area contributed by atoms with Crippen molar-refractivity contribution in [3.05, 3.63) is 32.0 Å². The number of amides is 2. The first-order valence-electron chi connectivity index (χ1n) is 3.25. The fourth-order valence-electron chi connectivity index (χ4n) is 0.241. The second-order valence-corrected chi connectivity index (χ2v) is 1.83. The molecule has 0 bridgehead atoms. The summed E-state index contributed by atoms with van der Waals surface area (Å²) in [6.07, 6.45) is 0. The first-order valence-corrected chi connectivity index (χ1v) is 3.25. The third-order valence-corrected chi connectivity index (χ3v) is 0.861. The smallest absolute Gasteiger partial charge is 0.761 e. The zero-order valence-electron chi connectivity index (χ0n) is 7.88. The predicted molar refractivity (Wildman–Crippen MR) is 53.7 cm³/mol. The van der Waals surface area contributed by atoms with Crippen molar-refractivity contribution in [2.75, 3.05) is 0 Å². The molecule has 17 heavy (non-hydrogen) atoms. The molecule has 0 saturated carbocycles. The van der Waals surface area contributed by atoms with Gasteiger partial charge in [0.05, 0.1) is 0 Å². The minimum Gasteiger partial charge on any atom is -0.761 e. The van der Waals surface area contributed by atoms with E-state index in [1.54, 1.807) is 0 Å². The number of carbonyl (C=O) groups excluding carboxylic acids is 2. The minimum absolute atomic E-state index is 0. The summed E-state index contributed by atoms with van der Waals surface area (Å²) in [5.74, 6) is 0.238. The van der Waals surface area contributed by atoms with Crippen molar-refractivity contribution in [3.8, 4) is 0 Å². The fraction of sp³-hybridized carbons (Fsp3) is 0. The van der Waals surface area contributed by atoms with Gasteiger partial charge in [-0.2, -0.15) is 0 Å². The Morgan fingerprint density at radius 2 is 1.12 bits per heavy atom. The molecule has 2 amide bonds. The van der Waals surface area contributed by atoms with Crippen molar-refractivity contribution in [3.63, 3.8) is 0 Å². The SMILES string of the molecule is [Cu+2].[N-]=C=C(N=O)C(N)=O.[N-]=C=C(N=O)C(N)=O. The van der Waals surface area contributed by atoms with Gasteiger partial charge in [0.25, 0.3) is 11.8 Å². The molecule has 4 N–H and O–H groups in total. The normalized spacial score (nSPS) is 6.59. The van der Waals surface area contributed by atoms with Crippen LogP contribution in [0.1, 0.15) is 0 Å². The van der Waals surface area contributed by atoms with Crippen LogP contribution in [-0.2, 0) is 26.7 Å². The Balaban J connectivity index is -0.000000218. The maximum absolute atomic E-state index is 9.83. The number of hydrogen-bond donors (Lipinski definition) is 2. The van der Waals surface area contributed by atoms with Gasteiger partial charge in [0.2, 0.25) is 0 Å². The van der Waals surface area contributed by atoms with Crippen LogP contribution in [0.15, 0.2) is 21.7 Å². The molecular formula is C6H4CuN6O4. The van der Waals surface area contributed by atoms with E-state index in [4.69, 9.17) is 10.8 Å². The molecule has 0 unspecified atom stereocenters. The third kappa shape index (κ3) is 9.85. The van der Waals surface area contributed by atoms with Gasteiger partial charge in [0, 0.05) is 0 Å². The van der Waals surface area contributed by atoms with E-state index in [0.29, 0.717) is 0 Å². The van der Waals surface area contributed by atoms with Crippen LogP contribution in [-0.4, -0.2) is 23.6 Å². The number of hydrogen-bond acceptors (Lipinski definition) is 6. The van der Waals surface area contributed by atoms with Crippen molar-refractivity contribution in [2.24, 2.45) is 21.8 Å². The Bertz CT molecular complexity index is 380. The molecule has 0 saturated heterocycles. The number of primary amides is 2. The predicted octanol–water partition coefficient (Wildman–Crippen LogP) is -1.28. The van der Waals surface area contributed by atoms with E-state index in [9.17, 15) is 19.4 Å². The number of nitrogens with two attached hydrogens (primary N) is 2. The first-order chi connectivity index (χ1) is 7.44. The van der Waals surface area contributed by atoms with Gasteiger partial charge in [-0.25, -0.2) is 11.7 Å². The maximum Gasteiger partial charge on any atom is 2.00 e. The molecule has 0 aliphatic heterocycles. The van der Waals surface area contributed by atoms with Crippen molar-refractivity contribution >= 4 is 23.6 Å². The minimum atomic E-state index is -1.09. The molecule has 0 spiro atoms. The Kier molecular flexibility index (Phi) is 13.7. The average molecular weight is 288 g/mol. The largest absolute Gasteiger partial charge is 2.00 e. The maximum atomic E-state index is 9.83. The van der Waals surface area contributed by atoms with Crippen LogP contribution >= 0.6 is 0 Å².